The maximum atomic E-state index is 14.3. The number of rotatable bonds is 7. The van der Waals surface area contributed by atoms with Crippen LogP contribution in [0.5, 0.6) is 0 Å². The van der Waals surface area contributed by atoms with E-state index in [1.807, 2.05) is 0 Å². The van der Waals surface area contributed by atoms with Crippen LogP contribution in [-0.2, 0) is 22.2 Å². The molecule has 0 saturated carbocycles. The Bertz CT molecular complexity index is 1060. The van der Waals surface area contributed by atoms with Crippen LogP contribution in [0.25, 0.3) is 0 Å². The summed E-state index contributed by atoms with van der Waals surface area (Å²) in [6.45, 7) is -1.02. The van der Waals surface area contributed by atoms with Crippen LogP contribution in [0.1, 0.15) is 5.56 Å². The van der Waals surface area contributed by atoms with Crippen molar-refractivity contribution >= 4 is 10.0 Å². The summed E-state index contributed by atoms with van der Waals surface area (Å²) in [5.41, 5.74) is -2.44. The van der Waals surface area contributed by atoms with Crippen LogP contribution >= 0.6 is 0 Å². The summed E-state index contributed by atoms with van der Waals surface area (Å²) in [7, 11) is -4.14. The number of hydrogen-bond acceptors (Lipinski definition) is 5. The topological polar surface area (TPSA) is 97.1 Å². The second-order valence-corrected chi connectivity index (χ2v) is 7.79. The van der Waals surface area contributed by atoms with Crippen molar-refractivity contribution in [3.63, 3.8) is 0 Å². The van der Waals surface area contributed by atoms with Gasteiger partial charge in [-0.2, -0.15) is 5.10 Å². The number of halogens is 3. The van der Waals surface area contributed by atoms with Gasteiger partial charge in [-0.05, 0) is 30.3 Å². The lowest BCUT2D eigenvalue weighted by atomic mass is 9.93. The third-order valence-electron chi connectivity index (χ3n) is 4.00. The highest BCUT2D eigenvalue weighted by molar-refractivity contribution is 7.89. The summed E-state index contributed by atoms with van der Waals surface area (Å²) in [5, 5.41) is 14.9. The zero-order valence-corrected chi connectivity index (χ0v) is 15.1. The molecule has 0 bridgehead atoms. The Hall–Kier alpha value is -2.76. The van der Waals surface area contributed by atoms with E-state index in [0.717, 1.165) is 36.4 Å². The predicted molar refractivity (Wildman–Crippen MR) is 91.9 cm³/mol. The first kappa shape index (κ1) is 20.0. The zero-order valence-electron chi connectivity index (χ0n) is 14.3. The largest absolute Gasteiger partial charge is 0.382 e. The normalized spacial score (nSPS) is 14.0. The lowest BCUT2D eigenvalue weighted by Crippen LogP contribution is -2.44. The van der Waals surface area contributed by atoms with Gasteiger partial charge in [0, 0.05) is 18.2 Å². The lowest BCUT2D eigenvalue weighted by molar-refractivity contribution is 0.0169. The van der Waals surface area contributed by atoms with Crippen LogP contribution in [0.15, 0.2) is 60.0 Å². The second-order valence-electron chi connectivity index (χ2n) is 6.03. The second kappa shape index (κ2) is 7.70. The molecular weight excluding hydrogens is 397 g/mol. The Morgan fingerprint density at radius 2 is 1.75 bits per heavy atom. The molecule has 0 aliphatic carbocycles. The van der Waals surface area contributed by atoms with Crippen molar-refractivity contribution in [1.82, 2.24) is 19.5 Å². The van der Waals surface area contributed by atoms with E-state index in [1.165, 1.54) is 17.3 Å². The van der Waals surface area contributed by atoms with Gasteiger partial charge < -0.3 is 5.11 Å². The maximum Gasteiger partial charge on any atom is 0.240 e. The van der Waals surface area contributed by atoms with Crippen molar-refractivity contribution in [3.8, 4) is 0 Å². The van der Waals surface area contributed by atoms with Gasteiger partial charge in [-0.15, -0.1) is 0 Å². The average molecular weight is 412 g/mol. The van der Waals surface area contributed by atoms with Crippen molar-refractivity contribution in [2.45, 2.75) is 17.0 Å². The maximum absolute atomic E-state index is 14.3. The molecule has 1 aromatic heterocycles. The molecule has 28 heavy (non-hydrogen) atoms. The van der Waals surface area contributed by atoms with Gasteiger partial charge in [0.15, 0.2) is 0 Å². The van der Waals surface area contributed by atoms with Crippen LogP contribution < -0.4 is 4.72 Å². The van der Waals surface area contributed by atoms with Crippen LogP contribution in [0.2, 0.25) is 0 Å². The molecule has 7 nitrogen and oxygen atoms in total. The molecule has 0 fully saturated rings. The zero-order chi connectivity index (χ0) is 20.4. The van der Waals surface area contributed by atoms with E-state index >= 15 is 0 Å². The number of nitrogens with zero attached hydrogens (tertiary/aromatic N) is 3. The number of aliphatic hydroxyl groups is 1. The Balaban J connectivity index is 1.92. The number of sulfonamides is 1. The molecule has 0 saturated heterocycles. The number of aromatic nitrogens is 3. The van der Waals surface area contributed by atoms with E-state index in [2.05, 4.69) is 14.8 Å². The molecule has 11 heteroatoms. The van der Waals surface area contributed by atoms with Gasteiger partial charge in [-0.25, -0.2) is 36.0 Å². The van der Waals surface area contributed by atoms with Crippen molar-refractivity contribution < 1.29 is 26.7 Å². The molecule has 3 rings (SSSR count). The standard InChI is InChI=1S/C17H15F3N4O3S/c18-12-1-4-14(5-2-12)28(26,27)23-8-17(25,9-24-11-21-10-22-24)15-6-3-13(19)7-16(15)20/h1-7,10-11,23,25H,8-9H2. The molecule has 0 aliphatic rings. The fourth-order valence-electron chi connectivity index (χ4n) is 2.60. The Labute approximate surface area is 158 Å². The van der Waals surface area contributed by atoms with Gasteiger partial charge in [0.25, 0.3) is 0 Å². The molecule has 0 radical (unpaired) electrons. The molecule has 148 valence electrons. The lowest BCUT2D eigenvalue weighted by Gasteiger charge is -2.29. The number of hydrogen-bond donors (Lipinski definition) is 2. The molecule has 0 aliphatic heterocycles. The van der Waals surface area contributed by atoms with Crippen LogP contribution in [-0.4, -0.2) is 34.8 Å². The molecule has 0 amide bonds. The van der Waals surface area contributed by atoms with Gasteiger partial charge in [0.2, 0.25) is 10.0 Å². The molecule has 1 atom stereocenters. The minimum absolute atomic E-state index is 0.239. The van der Waals surface area contributed by atoms with Crippen LogP contribution in [0, 0.1) is 17.5 Å². The first-order valence-corrected chi connectivity index (χ1v) is 9.43. The highest BCUT2D eigenvalue weighted by atomic mass is 32.2. The molecule has 2 N–H and O–H groups in total. The fourth-order valence-corrected chi connectivity index (χ4v) is 3.69. The molecule has 1 heterocycles. The Morgan fingerprint density at radius 1 is 1.07 bits per heavy atom. The van der Waals surface area contributed by atoms with E-state index in [4.69, 9.17) is 0 Å². The first-order chi connectivity index (χ1) is 13.2. The van der Waals surface area contributed by atoms with Gasteiger partial charge in [0.05, 0.1) is 11.4 Å². The summed E-state index contributed by atoms with van der Waals surface area (Å²) in [6.07, 6.45) is 2.44. The highest BCUT2D eigenvalue weighted by Gasteiger charge is 2.35. The van der Waals surface area contributed by atoms with Crippen molar-refractivity contribution in [2.24, 2.45) is 0 Å². The minimum Gasteiger partial charge on any atom is -0.382 e. The molecule has 0 spiro atoms. The van der Waals surface area contributed by atoms with E-state index in [0.29, 0.717) is 6.07 Å². The SMILES string of the molecule is O=S(=O)(NCC(O)(Cn1cncn1)c1ccc(F)cc1F)c1ccc(F)cc1. The first-order valence-electron chi connectivity index (χ1n) is 7.95. The summed E-state index contributed by atoms with van der Waals surface area (Å²) in [4.78, 5) is 3.47. The van der Waals surface area contributed by atoms with Gasteiger partial charge in [0.1, 0.15) is 35.7 Å². The molecular formula is C17H15F3N4O3S. The van der Waals surface area contributed by atoms with E-state index < -0.39 is 39.6 Å². The summed E-state index contributed by atoms with van der Waals surface area (Å²) in [6, 6.07) is 6.58. The summed E-state index contributed by atoms with van der Waals surface area (Å²) in [5.74, 6) is -2.52. The van der Waals surface area contributed by atoms with Gasteiger partial charge in [-0.3, -0.25) is 0 Å². The van der Waals surface area contributed by atoms with E-state index in [9.17, 15) is 26.7 Å². The number of benzene rings is 2. The molecule has 3 aromatic rings. The predicted octanol–water partition coefficient (Wildman–Crippen LogP) is 1.56. The Kier molecular flexibility index (Phi) is 5.49. The van der Waals surface area contributed by atoms with Crippen molar-refractivity contribution in [2.75, 3.05) is 6.54 Å². The summed E-state index contributed by atoms with van der Waals surface area (Å²) < 4.78 is 68.8. The van der Waals surface area contributed by atoms with Gasteiger partial charge >= 0.3 is 0 Å². The van der Waals surface area contributed by atoms with Crippen molar-refractivity contribution in [3.05, 3.63) is 78.1 Å². The monoisotopic (exact) mass is 412 g/mol. The number of nitrogens with one attached hydrogen (secondary N) is 1. The van der Waals surface area contributed by atoms with Crippen molar-refractivity contribution in [1.29, 1.82) is 0 Å². The smallest absolute Gasteiger partial charge is 0.240 e. The Morgan fingerprint density at radius 3 is 2.36 bits per heavy atom. The van der Waals surface area contributed by atoms with Crippen LogP contribution in [0.3, 0.4) is 0 Å². The van der Waals surface area contributed by atoms with Gasteiger partial charge in [-0.1, -0.05) is 6.07 Å². The third kappa shape index (κ3) is 4.38. The quantitative estimate of drug-likeness (QED) is 0.614. The van der Waals surface area contributed by atoms with E-state index in [1.54, 1.807) is 0 Å². The minimum atomic E-state index is -4.14. The average Bonchev–Trinajstić information content (AvgIpc) is 3.13. The van der Waals surface area contributed by atoms with E-state index in [-0.39, 0.29) is 17.0 Å². The highest BCUT2D eigenvalue weighted by Crippen LogP contribution is 2.26. The van der Waals surface area contributed by atoms with Crippen LogP contribution in [0.4, 0.5) is 13.2 Å². The molecule has 1 unspecified atom stereocenters. The fraction of sp³-hybridized carbons (Fsp3) is 0.176. The third-order valence-corrected chi connectivity index (χ3v) is 5.42. The molecule has 2 aromatic carbocycles. The summed E-state index contributed by atoms with van der Waals surface area (Å²) >= 11 is 0.